The molecule has 1 aromatic carbocycles. The van der Waals surface area contributed by atoms with Crippen LogP contribution in [-0.4, -0.2) is 53.7 Å². The van der Waals surface area contributed by atoms with Gasteiger partial charge in [-0.25, -0.2) is 0 Å². The molecule has 1 aromatic heterocycles. The number of piperidine rings is 1. The molecule has 32 heavy (non-hydrogen) atoms. The third-order valence-electron chi connectivity index (χ3n) is 5.99. The molecule has 7 heteroatoms. The Kier molecular flexibility index (Phi) is 6.55. The molecule has 0 bridgehead atoms. The second kappa shape index (κ2) is 9.53. The first kappa shape index (κ1) is 22.0. The first-order chi connectivity index (χ1) is 15.5. The van der Waals surface area contributed by atoms with Crippen LogP contribution < -0.4 is 4.90 Å². The summed E-state index contributed by atoms with van der Waals surface area (Å²) in [4.78, 5) is 45.5. The third kappa shape index (κ3) is 4.12. The van der Waals surface area contributed by atoms with Gasteiger partial charge < -0.3 is 9.80 Å². The highest BCUT2D eigenvalue weighted by molar-refractivity contribution is 7.09. The molecule has 0 radical (unpaired) electrons. The van der Waals surface area contributed by atoms with E-state index >= 15 is 0 Å². The number of hydrogen-bond acceptors (Lipinski definition) is 5. The summed E-state index contributed by atoms with van der Waals surface area (Å²) < 4.78 is 0. The molecule has 166 valence electrons. The monoisotopic (exact) mass is 449 g/mol. The molecule has 0 N–H and O–H groups in total. The molecule has 0 saturated carbocycles. The number of carbonyl (C=O) groups excluding carboxylic acids is 3. The van der Waals surface area contributed by atoms with Crippen LogP contribution in [0.4, 0.5) is 5.69 Å². The van der Waals surface area contributed by atoms with Crippen LogP contribution in [0.2, 0.25) is 0 Å². The van der Waals surface area contributed by atoms with Crippen LogP contribution in [-0.2, 0) is 11.3 Å². The fraction of sp³-hybridized carbons (Fsp3) is 0.320. The van der Waals surface area contributed by atoms with Crippen molar-refractivity contribution in [3.8, 4) is 0 Å². The minimum atomic E-state index is -0.262. The molecule has 2 aliphatic heterocycles. The Bertz CT molecular complexity index is 1040. The average Bonchev–Trinajstić information content (AvgIpc) is 3.41. The Labute approximate surface area is 192 Å². The van der Waals surface area contributed by atoms with Gasteiger partial charge in [0.1, 0.15) is 0 Å². The van der Waals surface area contributed by atoms with Gasteiger partial charge in [0.05, 0.1) is 29.3 Å². The maximum Gasteiger partial charge on any atom is 0.264 e. The van der Waals surface area contributed by atoms with Crippen molar-refractivity contribution in [2.24, 2.45) is 5.92 Å². The van der Waals surface area contributed by atoms with Crippen molar-refractivity contribution in [1.82, 2.24) is 9.80 Å². The summed E-state index contributed by atoms with van der Waals surface area (Å²) in [6.45, 7) is 10.0. The lowest BCUT2D eigenvalue weighted by molar-refractivity contribution is -0.134. The normalized spacial score (nSPS) is 17.9. The smallest absolute Gasteiger partial charge is 0.264 e. The highest BCUT2D eigenvalue weighted by Crippen LogP contribution is 2.35. The highest BCUT2D eigenvalue weighted by atomic mass is 32.1. The first-order valence-electron chi connectivity index (χ1n) is 10.8. The van der Waals surface area contributed by atoms with E-state index in [0.29, 0.717) is 30.8 Å². The number of hydrogen-bond donors (Lipinski definition) is 0. The van der Waals surface area contributed by atoms with Crippen LogP contribution in [0.1, 0.15) is 38.4 Å². The van der Waals surface area contributed by atoms with Gasteiger partial charge in [-0.05, 0) is 36.4 Å². The summed E-state index contributed by atoms with van der Waals surface area (Å²) in [5.74, 6) is -0.617. The van der Waals surface area contributed by atoms with E-state index in [1.807, 2.05) is 29.6 Å². The van der Waals surface area contributed by atoms with Crippen molar-refractivity contribution in [3.05, 3.63) is 77.0 Å². The van der Waals surface area contributed by atoms with E-state index < -0.39 is 0 Å². The second-order valence-electron chi connectivity index (χ2n) is 8.08. The molecule has 3 heterocycles. The summed E-state index contributed by atoms with van der Waals surface area (Å²) in [5, 5.41) is 1.94. The average molecular weight is 450 g/mol. The van der Waals surface area contributed by atoms with Gasteiger partial charge in [-0.2, -0.15) is 0 Å². The number of fused-ring (bicyclic) bond motifs is 1. The Morgan fingerprint density at radius 2 is 1.91 bits per heavy atom. The number of amides is 3. The van der Waals surface area contributed by atoms with Crippen LogP contribution in [0, 0.1) is 5.92 Å². The van der Waals surface area contributed by atoms with Crippen molar-refractivity contribution < 1.29 is 14.4 Å². The molecule has 1 atom stereocenters. The van der Waals surface area contributed by atoms with E-state index in [1.54, 1.807) is 23.1 Å². The Morgan fingerprint density at radius 3 is 2.59 bits per heavy atom. The summed E-state index contributed by atoms with van der Waals surface area (Å²) in [7, 11) is 0. The standard InChI is InChI=1S/C25H27N3O3S/c1-3-12-26(13-4-2)23(29)18-8-6-14-27(16-18)21-11-5-10-20-22(21)25(31)28(24(20)30)17-19-9-7-15-32-19/h3-5,7,9-11,15,18H,1-2,6,8,12-14,16-17H2/t18-/m1/s1. The van der Waals surface area contributed by atoms with Gasteiger partial charge in [0.25, 0.3) is 11.8 Å². The van der Waals surface area contributed by atoms with E-state index in [0.717, 1.165) is 30.0 Å². The lowest BCUT2D eigenvalue weighted by Crippen LogP contribution is -2.45. The fourth-order valence-corrected chi connectivity index (χ4v) is 5.20. The van der Waals surface area contributed by atoms with Gasteiger partial charge in [-0.1, -0.05) is 24.3 Å². The second-order valence-corrected chi connectivity index (χ2v) is 9.11. The minimum absolute atomic E-state index is 0.0730. The van der Waals surface area contributed by atoms with Gasteiger partial charge >= 0.3 is 0 Å². The molecular weight excluding hydrogens is 422 g/mol. The molecule has 2 aromatic rings. The number of imide groups is 1. The number of rotatable bonds is 8. The molecule has 1 saturated heterocycles. The lowest BCUT2D eigenvalue weighted by atomic mass is 9.94. The highest BCUT2D eigenvalue weighted by Gasteiger charge is 2.39. The summed E-state index contributed by atoms with van der Waals surface area (Å²) >= 11 is 1.53. The van der Waals surface area contributed by atoms with Crippen LogP contribution >= 0.6 is 11.3 Å². The molecular formula is C25H27N3O3S. The number of nitrogens with zero attached hydrogens (tertiary/aromatic N) is 3. The van der Waals surface area contributed by atoms with Crippen molar-refractivity contribution in [1.29, 1.82) is 0 Å². The number of anilines is 1. The predicted molar refractivity (Wildman–Crippen MR) is 127 cm³/mol. The Morgan fingerprint density at radius 1 is 1.12 bits per heavy atom. The van der Waals surface area contributed by atoms with Gasteiger partial charge in [0.2, 0.25) is 5.91 Å². The van der Waals surface area contributed by atoms with E-state index in [2.05, 4.69) is 18.1 Å². The topological polar surface area (TPSA) is 60.9 Å². The van der Waals surface area contributed by atoms with Crippen LogP contribution in [0.15, 0.2) is 61.0 Å². The number of benzene rings is 1. The molecule has 0 unspecified atom stereocenters. The fourth-order valence-electron chi connectivity index (χ4n) is 4.50. The number of carbonyl (C=O) groups is 3. The third-order valence-corrected chi connectivity index (χ3v) is 6.85. The van der Waals surface area contributed by atoms with Gasteiger partial charge in [-0.15, -0.1) is 24.5 Å². The maximum atomic E-state index is 13.3. The molecule has 1 fully saturated rings. The zero-order valence-corrected chi connectivity index (χ0v) is 18.9. The maximum absolute atomic E-state index is 13.3. The van der Waals surface area contributed by atoms with Crippen molar-refractivity contribution in [2.75, 3.05) is 31.1 Å². The minimum Gasteiger partial charge on any atom is -0.370 e. The molecule has 3 amide bonds. The molecule has 0 spiro atoms. The first-order valence-corrected chi connectivity index (χ1v) is 11.7. The predicted octanol–water partition coefficient (Wildman–Crippen LogP) is 3.96. The SMILES string of the molecule is C=CCN(CC=C)C(=O)[C@@H]1CCCN(c2cccc3c2C(=O)N(Cc2cccs2)C3=O)C1. The zero-order chi connectivity index (χ0) is 22.7. The van der Waals surface area contributed by atoms with Crippen molar-refractivity contribution in [2.45, 2.75) is 19.4 Å². The van der Waals surface area contributed by atoms with Crippen LogP contribution in [0.25, 0.3) is 0 Å². The van der Waals surface area contributed by atoms with Crippen molar-refractivity contribution in [3.63, 3.8) is 0 Å². The summed E-state index contributed by atoms with van der Waals surface area (Å²) in [5.41, 5.74) is 1.64. The largest absolute Gasteiger partial charge is 0.370 e. The Balaban J connectivity index is 1.57. The molecule has 4 rings (SSSR count). The van der Waals surface area contributed by atoms with E-state index in [9.17, 15) is 14.4 Å². The van der Waals surface area contributed by atoms with E-state index in [4.69, 9.17) is 0 Å². The van der Waals surface area contributed by atoms with Crippen LogP contribution in [0.3, 0.4) is 0 Å². The lowest BCUT2D eigenvalue weighted by Gasteiger charge is -2.36. The Hall–Kier alpha value is -3.19. The molecule has 0 aliphatic carbocycles. The number of thiophene rings is 1. The van der Waals surface area contributed by atoms with Crippen LogP contribution in [0.5, 0.6) is 0 Å². The summed E-state index contributed by atoms with van der Waals surface area (Å²) in [6, 6.07) is 9.26. The van der Waals surface area contributed by atoms with E-state index in [-0.39, 0.29) is 30.2 Å². The van der Waals surface area contributed by atoms with Gasteiger partial charge in [-0.3, -0.25) is 19.3 Å². The van der Waals surface area contributed by atoms with Gasteiger partial charge in [0, 0.05) is 31.1 Å². The molecule has 6 nitrogen and oxygen atoms in total. The summed E-state index contributed by atoms with van der Waals surface area (Å²) in [6.07, 6.45) is 5.08. The van der Waals surface area contributed by atoms with E-state index in [1.165, 1.54) is 16.2 Å². The van der Waals surface area contributed by atoms with Gasteiger partial charge in [0.15, 0.2) is 0 Å². The van der Waals surface area contributed by atoms with Crippen molar-refractivity contribution >= 4 is 34.7 Å². The zero-order valence-electron chi connectivity index (χ0n) is 18.0. The quantitative estimate of drug-likeness (QED) is 0.452. The molecule has 2 aliphatic rings.